The summed E-state index contributed by atoms with van der Waals surface area (Å²) in [6, 6.07) is 13.1. The Morgan fingerprint density at radius 3 is 1.07 bits per heavy atom. The van der Waals surface area contributed by atoms with Crippen molar-refractivity contribution < 1.29 is 125 Å². The minimum absolute atomic E-state index is 0.00925. The molecule has 0 atom stereocenters. The van der Waals surface area contributed by atoms with Crippen LogP contribution in [0.5, 0.6) is 0 Å². The van der Waals surface area contributed by atoms with E-state index in [4.69, 9.17) is 15.6 Å². The SMILES string of the molecule is CN(C)S(=O)(=O)Nc1ccc(S(F)(F)(F)(F)F)cc1C(=O)NC12CCC(C#N)(CC1)CC2.N#CC12CCC(NC(=O)c3cc(S(F)(F)(F)(F)F)ccc3Br)(CC1)CC2.N#Cc1cc(S(F)(F)(F)(F)F)ccc1Br.N#Cc1cccc(S(F)(F)(F)(F)F)c1.O=C(O)c1cc(S(F)(F)(F)(F)F)ccc1Br. The van der Waals surface area contributed by atoms with E-state index >= 15 is 0 Å². The number of aromatic carboxylic acids is 1. The summed E-state index contributed by atoms with van der Waals surface area (Å²) in [5.74, 6) is -3.65. The minimum atomic E-state index is -10.1. The first-order chi connectivity index (χ1) is 45.2. The van der Waals surface area contributed by atoms with Crippen LogP contribution in [0.1, 0.15) is 119 Å². The van der Waals surface area contributed by atoms with E-state index in [1.54, 1.807) is 0 Å². The Labute approximate surface area is 594 Å². The molecule has 4 N–H and O–H groups in total. The second kappa shape index (κ2) is 24.3. The Kier molecular flexibility index (Phi) is 20.6. The van der Waals surface area contributed by atoms with Gasteiger partial charge in [0.15, 0.2) is 0 Å². The lowest BCUT2D eigenvalue weighted by molar-refractivity contribution is 0.0517. The molecule has 2 amide bonds. The van der Waals surface area contributed by atoms with Crippen molar-refractivity contribution in [3.63, 3.8) is 0 Å². The summed E-state index contributed by atoms with van der Waals surface area (Å²) in [5.41, 5.74) is -5.96. The highest BCUT2D eigenvalue weighted by Crippen LogP contribution is 3.05. The molecular formula is C55H50Br3F25N8O6S6. The van der Waals surface area contributed by atoms with E-state index in [1.807, 2.05) is 4.72 Å². The number of nitriles is 4. The van der Waals surface area contributed by atoms with Crippen molar-refractivity contribution in [1.29, 1.82) is 21.0 Å². The van der Waals surface area contributed by atoms with Crippen molar-refractivity contribution in [3.8, 4) is 24.3 Å². The zero-order valence-electron chi connectivity index (χ0n) is 51.5. The minimum Gasteiger partial charge on any atom is -0.478 e. The molecule has 578 valence electrons. The van der Waals surface area contributed by atoms with Gasteiger partial charge in [-0.3, -0.25) is 14.3 Å². The van der Waals surface area contributed by atoms with Gasteiger partial charge < -0.3 is 15.7 Å². The van der Waals surface area contributed by atoms with Gasteiger partial charge in [-0.15, -0.1) is 0 Å². The number of benzene rings is 5. The predicted molar refractivity (Wildman–Crippen MR) is 347 cm³/mol. The summed E-state index contributed by atoms with van der Waals surface area (Å²) in [7, 11) is -51.1. The number of fused-ring (bicyclic) bond motifs is 6. The summed E-state index contributed by atoms with van der Waals surface area (Å²) >= 11 is 8.39. The molecule has 103 heavy (non-hydrogen) atoms. The number of carboxylic acid groups (broad SMARTS) is 1. The fourth-order valence-corrected chi connectivity index (χ4v) is 15.6. The average Bonchev–Trinajstić information content (AvgIpc) is 0.738. The Morgan fingerprint density at radius 2 is 0.738 bits per heavy atom. The predicted octanol–water partition coefficient (Wildman–Crippen LogP) is 25.4. The second-order valence-corrected chi connectivity index (χ2v) is 40.7. The third-order valence-corrected chi connectivity index (χ3v) is 25.5. The number of hydrogen-bond acceptors (Lipinski definition) is 9. The van der Waals surface area contributed by atoms with Gasteiger partial charge in [0.2, 0.25) is 0 Å². The van der Waals surface area contributed by atoms with Crippen LogP contribution in [0.25, 0.3) is 0 Å². The molecule has 5 aromatic rings. The quantitative estimate of drug-likeness (QED) is 0.0813. The topological polar surface area (TPSA) is 240 Å². The Balaban J connectivity index is 0.000000241. The van der Waals surface area contributed by atoms with Crippen molar-refractivity contribution in [3.05, 3.63) is 138 Å². The Bertz CT molecular complexity index is 4580. The summed E-state index contributed by atoms with van der Waals surface area (Å²) in [6.07, 6.45) is 6.18. The second-order valence-electron chi connectivity index (χ2n) is 24.2. The van der Waals surface area contributed by atoms with Crippen LogP contribution in [0.15, 0.2) is 135 Å². The molecule has 11 rings (SSSR count). The van der Waals surface area contributed by atoms with Crippen LogP contribution >= 0.6 is 98.9 Å². The zero-order valence-corrected chi connectivity index (χ0v) is 61.1. The number of hydrogen-bond donors (Lipinski definition) is 4. The number of nitrogens with zero attached hydrogens (tertiary/aromatic N) is 5. The summed E-state index contributed by atoms with van der Waals surface area (Å²) in [6.45, 7) is 0. The van der Waals surface area contributed by atoms with Crippen LogP contribution in [-0.2, 0) is 10.2 Å². The van der Waals surface area contributed by atoms with E-state index < -0.39 is 154 Å². The van der Waals surface area contributed by atoms with Gasteiger partial charge in [0.1, 0.15) is 30.5 Å². The van der Waals surface area contributed by atoms with Crippen molar-refractivity contribution in [2.45, 2.75) is 113 Å². The highest BCUT2D eigenvalue weighted by molar-refractivity contribution is 9.11. The lowest BCUT2D eigenvalue weighted by Gasteiger charge is -2.50. The third kappa shape index (κ3) is 23.1. The molecule has 6 aliphatic rings. The fraction of sp³-hybridized carbons (Fsp3) is 0.327. The van der Waals surface area contributed by atoms with Crippen LogP contribution in [-0.4, -0.2) is 60.8 Å². The number of carbonyl (C=O) groups excluding carboxylic acids is 2. The molecule has 0 unspecified atom stereocenters. The van der Waals surface area contributed by atoms with Gasteiger partial charge in [0.25, 0.3) is 11.8 Å². The van der Waals surface area contributed by atoms with E-state index in [-0.39, 0.29) is 79.5 Å². The van der Waals surface area contributed by atoms with Crippen LogP contribution < -0.4 is 15.4 Å². The van der Waals surface area contributed by atoms with Gasteiger partial charge in [-0.2, -0.15) is 33.8 Å². The first-order valence-electron chi connectivity index (χ1n) is 27.8. The van der Waals surface area contributed by atoms with Gasteiger partial charge in [-0.1, -0.05) is 103 Å². The maximum absolute atomic E-state index is 13.4. The molecule has 14 nitrogen and oxygen atoms in total. The van der Waals surface area contributed by atoms with Gasteiger partial charge in [0.05, 0.1) is 62.5 Å². The molecule has 0 aromatic heterocycles. The largest absolute Gasteiger partial charge is 0.478 e. The van der Waals surface area contributed by atoms with Gasteiger partial charge in [0, 0.05) is 38.6 Å². The lowest BCUT2D eigenvalue weighted by atomic mass is 9.58. The van der Waals surface area contributed by atoms with Gasteiger partial charge >= 0.3 is 67.3 Å². The number of amides is 2. The van der Waals surface area contributed by atoms with Crippen molar-refractivity contribution in [1.82, 2.24) is 14.9 Å². The van der Waals surface area contributed by atoms with E-state index in [0.717, 1.165) is 42.7 Å². The number of halogens is 28. The van der Waals surface area contributed by atoms with Crippen molar-refractivity contribution in [2.24, 2.45) is 10.8 Å². The van der Waals surface area contributed by atoms with Gasteiger partial charge in [-0.05, 0) is 216 Å². The van der Waals surface area contributed by atoms with Crippen molar-refractivity contribution in [2.75, 3.05) is 18.8 Å². The lowest BCUT2D eigenvalue weighted by Crippen LogP contribution is -2.56. The highest BCUT2D eigenvalue weighted by Gasteiger charge is 2.69. The maximum Gasteiger partial charge on any atom is 0.336 e. The molecule has 0 saturated heterocycles. The third-order valence-electron chi connectivity index (χ3n) is 16.3. The summed E-state index contributed by atoms with van der Waals surface area (Å²) < 4.78 is 343. The molecule has 5 aromatic carbocycles. The Hall–Kier alpha value is -6.38. The first kappa shape index (κ1) is 87.3. The molecule has 6 fully saturated rings. The molecule has 0 radical (unpaired) electrons. The smallest absolute Gasteiger partial charge is 0.336 e. The van der Waals surface area contributed by atoms with E-state index in [0.29, 0.717) is 89.2 Å². The van der Waals surface area contributed by atoms with Crippen LogP contribution in [0.4, 0.5) is 103 Å². The van der Waals surface area contributed by atoms with E-state index in [9.17, 15) is 130 Å². The standard InChI is InChI=1S/C18H23F5N4O3S2.C16H16BrF5N2OS.C7H3BrF5NS.C7H4BrF5O2S.C7H4F5NS/c1-27(2)31(29,30)26-15-4-3-13(32(19,20,21,22)23)11-14(15)16(28)25-18-8-5-17(12-24,6-9-18)7-10-18;17-13-2-1-11(26(18,19,20,21)22)9-12(13)14(25)24-16-6-3-15(10-23,4-7-16)5-8-16;8-7-2-1-6(3-5(7)4-14)15(9,10,11,12)13;8-6-2-1-4(3-5(6)7(14)15)16(9,10,11,12)13;8-14(9,10,11,12)7-3-1-2-6(4-7)5-13/h3-4,11,26H,5-10H2,1-2H3,(H,25,28);1-2,9H,3-8H2,(H,24,25);1-3H;1-3H,(H,14,15);1-4H. The van der Waals surface area contributed by atoms with E-state index in [1.165, 1.54) is 12.1 Å². The molecule has 0 aliphatic heterocycles. The van der Waals surface area contributed by atoms with Crippen LogP contribution in [0, 0.1) is 56.2 Å². The Morgan fingerprint density at radius 1 is 0.427 bits per heavy atom. The highest BCUT2D eigenvalue weighted by atomic mass is 79.9. The zero-order chi connectivity index (χ0) is 79.7. The fourth-order valence-electron chi connectivity index (χ4n) is 10.4. The molecular weight excluding hydrogens is 1780 g/mol. The van der Waals surface area contributed by atoms with Gasteiger partial charge in [-0.25, -0.2) is 4.79 Å². The van der Waals surface area contributed by atoms with Crippen molar-refractivity contribution >= 4 is 133 Å². The number of rotatable bonds is 13. The number of carbonyl (C=O) groups is 3. The normalized spacial score (nSPS) is 23.6. The number of nitrogens with one attached hydrogen (secondary N) is 3. The average molecular weight is 1830 g/mol. The maximum atomic E-state index is 13.4. The summed E-state index contributed by atoms with van der Waals surface area (Å²) in [5, 5.41) is 49.2. The first-order valence-corrected chi connectivity index (χ1v) is 41.4. The monoisotopic (exact) mass is 1820 g/mol. The molecule has 48 heteroatoms. The molecule has 0 heterocycles. The van der Waals surface area contributed by atoms with Crippen LogP contribution in [0.3, 0.4) is 0 Å². The van der Waals surface area contributed by atoms with E-state index in [2.05, 4.69) is 70.6 Å². The molecule has 6 saturated carbocycles. The number of carboxylic acids is 1. The molecule has 4 bridgehead atoms. The molecule has 0 spiro atoms. The summed E-state index contributed by atoms with van der Waals surface area (Å²) in [4.78, 5) is 25.3. The van der Waals surface area contributed by atoms with Crippen LogP contribution in [0.2, 0.25) is 0 Å². The molecule has 6 aliphatic carbocycles. The number of anilines is 1.